The number of nitrogens with two attached hydrogens (primary N) is 1. The van der Waals surface area contributed by atoms with Gasteiger partial charge in [-0.1, -0.05) is 31.5 Å². The molecule has 0 aromatic heterocycles. The molecule has 16 heavy (non-hydrogen) atoms. The second kappa shape index (κ2) is 6.09. The Morgan fingerprint density at radius 2 is 2.12 bits per heavy atom. The van der Waals surface area contributed by atoms with Gasteiger partial charge in [-0.05, 0) is 23.6 Å². The molecule has 4 N–H and O–H groups in total. The average molecular weight is 243 g/mol. The molecule has 0 heterocycles. The summed E-state index contributed by atoms with van der Waals surface area (Å²) < 4.78 is 0. The summed E-state index contributed by atoms with van der Waals surface area (Å²) in [5.74, 6) is 0.359. The second-order valence-electron chi connectivity index (χ2n) is 4.19. The highest BCUT2D eigenvalue weighted by atomic mass is 35.5. The molecule has 0 aliphatic carbocycles. The minimum absolute atomic E-state index is 0.0415. The van der Waals surface area contributed by atoms with E-state index in [2.05, 4.69) is 19.2 Å². The summed E-state index contributed by atoms with van der Waals surface area (Å²) in [4.78, 5) is 0. The molecule has 0 bridgehead atoms. The van der Waals surface area contributed by atoms with Gasteiger partial charge in [-0.25, -0.2) is 0 Å². The molecule has 0 fully saturated rings. The Balaban J connectivity index is 2.78. The Morgan fingerprint density at radius 3 is 2.56 bits per heavy atom. The topological polar surface area (TPSA) is 58.3 Å². The Labute approximate surface area is 102 Å². The third-order valence-corrected chi connectivity index (χ3v) is 2.98. The number of benzene rings is 1. The number of halogens is 1. The van der Waals surface area contributed by atoms with Crippen molar-refractivity contribution in [2.45, 2.75) is 26.4 Å². The van der Waals surface area contributed by atoms with Crippen molar-refractivity contribution in [1.82, 2.24) is 0 Å². The van der Waals surface area contributed by atoms with E-state index in [9.17, 15) is 5.11 Å². The van der Waals surface area contributed by atoms with Crippen LogP contribution in [-0.4, -0.2) is 17.8 Å². The van der Waals surface area contributed by atoms with Crippen LogP contribution in [0.2, 0.25) is 5.02 Å². The van der Waals surface area contributed by atoms with Crippen LogP contribution in [-0.2, 0) is 6.54 Å². The van der Waals surface area contributed by atoms with Gasteiger partial charge in [-0.3, -0.25) is 0 Å². The molecular formula is C12H19ClN2O. The lowest BCUT2D eigenvalue weighted by Gasteiger charge is -2.21. The van der Waals surface area contributed by atoms with Gasteiger partial charge in [0.2, 0.25) is 0 Å². The minimum Gasteiger partial charge on any atom is -0.394 e. The van der Waals surface area contributed by atoms with Gasteiger partial charge in [0.25, 0.3) is 0 Å². The largest absolute Gasteiger partial charge is 0.394 e. The Kier molecular flexibility index (Phi) is 5.06. The first-order valence-electron chi connectivity index (χ1n) is 5.44. The summed E-state index contributed by atoms with van der Waals surface area (Å²) in [7, 11) is 0. The minimum atomic E-state index is 0.0415. The van der Waals surface area contributed by atoms with Gasteiger partial charge < -0.3 is 16.2 Å². The van der Waals surface area contributed by atoms with Gasteiger partial charge in [0, 0.05) is 17.3 Å². The Morgan fingerprint density at radius 1 is 1.44 bits per heavy atom. The predicted molar refractivity (Wildman–Crippen MR) is 68.7 cm³/mol. The van der Waals surface area contributed by atoms with E-state index in [1.54, 1.807) is 0 Å². The SMILES string of the molecule is CC(C)[C@@H](CO)Nc1ccc(CN)c(Cl)c1. The van der Waals surface area contributed by atoms with Crippen LogP contribution in [0.15, 0.2) is 18.2 Å². The van der Waals surface area contributed by atoms with E-state index in [-0.39, 0.29) is 12.6 Å². The van der Waals surface area contributed by atoms with Crippen molar-refractivity contribution in [3.63, 3.8) is 0 Å². The van der Waals surface area contributed by atoms with E-state index < -0.39 is 0 Å². The summed E-state index contributed by atoms with van der Waals surface area (Å²) in [5, 5.41) is 13.1. The van der Waals surface area contributed by atoms with Crippen LogP contribution in [0, 0.1) is 5.92 Å². The first-order chi connectivity index (χ1) is 7.58. The number of anilines is 1. The highest BCUT2D eigenvalue weighted by Crippen LogP contribution is 2.22. The zero-order valence-corrected chi connectivity index (χ0v) is 10.5. The summed E-state index contributed by atoms with van der Waals surface area (Å²) in [6.07, 6.45) is 0. The molecule has 90 valence electrons. The van der Waals surface area contributed by atoms with Crippen molar-refractivity contribution in [1.29, 1.82) is 0 Å². The van der Waals surface area contributed by atoms with Crippen LogP contribution in [0.3, 0.4) is 0 Å². The van der Waals surface area contributed by atoms with Gasteiger partial charge in [-0.2, -0.15) is 0 Å². The van der Waals surface area contributed by atoms with Crippen molar-refractivity contribution in [3.05, 3.63) is 28.8 Å². The van der Waals surface area contributed by atoms with Crippen LogP contribution >= 0.6 is 11.6 Å². The zero-order chi connectivity index (χ0) is 12.1. The molecule has 4 heteroatoms. The maximum atomic E-state index is 9.21. The molecule has 0 saturated heterocycles. The molecule has 0 aliphatic heterocycles. The number of rotatable bonds is 5. The van der Waals surface area contributed by atoms with E-state index in [0.29, 0.717) is 17.5 Å². The number of aliphatic hydroxyl groups is 1. The van der Waals surface area contributed by atoms with Gasteiger partial charge >= 0.3 is 0 Å². The van der Waals surface area contributed by atoms with Crippen molar-refractivity contribution in [2.24, 2.45) is 11.7 Å². The summed E-state index contributed by atoms with van der Waals surface area (Å²) in [6.45, 7) is 4.66. The quantitative estimate of drug-likeness (QED) is 0.742. The lowest BCUT2D eigenvalue weighted by Crippen LogP contribution is -2.29. The van der Waals surface area contributed by atoms with E-state index in [0.717, 1.165) is 11.3 Å². The molecular weight excluding hydrogens is 224 g/mol. The van der Waals surface area contributed by atoms with Crippen LogP contribution in [0.4, 0.5) is 5.69 Å². The van der Waals surface area contributed by atoms with Crippen LogP contribution in [0.25, 0.3) is 0 Å². The number of hydrogen-bond acceptors (Lipinski definition) is 3. The monoisotopic (exact) mass is 242 g/mol. The number of nitrogens with one attached hydrogen (secondary N) is 1. The standard InChI is InChI=1S/C12H19ClN2O/c1-8(2)12(7-16)15-10-4-3-9(6-14)11(13)5-10/h3-5,8,12,15-16H,6-7,14H2,1-2H3/t12-/m1/s1. The fourth-order valence-electron chi connectivity index (χ4n) is 1.44. The van der Waals surface area contributed by atoms with Gasteiger partial charge in [0.15, 0.2) is 0 Å². The van der Waals surface area contributed by atoms with Gasteiger partial charge in [0.1, 0.15) is 0 Å². The average Bonchev–Trinajstić information content (AvgIpc) is 2.25. The number of hydrogen-bond donors (Lipinski definition) is 3. The molecule has 0 aliphatic rings. The van der Waals surface area contributed by atoms with Crippen LogP contribution < -0.4 is 11.1 Å². The lowest BCUT2D eigenvalue weighted by molar-refractivity contribution is 0.249. The van der Waals surface area contributed by atoms with Crippen molar-refractivity contribution >= 4 is 17.3 Å². The first-order valence-corrected chi connectivity index (χ1v) is 5.82. The Bertz CT molecular complexity index is 342. The molecule has 0 amide bonds. The first kappa shape index (κ1) is 13.3. The number of aliphatic hydroxyl groups excluding tert-OH is 1. The van der Waals surface area contributed by atoms with Crippen molar-refractivity contribution in [2.75, 3.05) is 11.9 Å². The molecule has 0 radical (unpaired) electrons. The molecule has 1 aromatic rings. The van der Waals surface area contributed by atoms with Crippen LogP contribution in [0.5, 0.6) is 0 Å². The molecule has 0 saturated carbocycles. The normalized spacial score (nSPS) is 12.9. The molecule has 0 unspecified atom stereocenters. The maximum absolute atomic E-state index is 9.21. The summed E-state index contributed by atoms with van der Waals surface area (Å²) in [6, 6.07) is 5.72. The van der Waals surface area contributed by atoms with E-state index in [1.807, 2.05) is 18.2 Å². The summed E-state index contributed by atoms with van der Waals surface area (Å²) >= 11 is 6.05. The fourth-order valence-corrected chi connectivity index (χ4v) is 1.70. The zero-order valence-electron chi connectivity index (χ0n) is 9.70. The Hall–Kier alpha value is -0.770. The summed E-state index contributed by atoms with van der Waals surface area (Å²) in [5.41, 5.74) is 7.37. The van der Waals surface area contributed by atoms with E-state index in [1.165, 1.54) is 0 Å². The van der Waals surface area contributed by atoms with E-state index in [4.69, 9.17) is 17.3 Å². The molecule has 1 atom stereocenters. The van der Waals surface area contributed by atoms with Crippen molar-refractivity contribution in [3.8, 4) is 0 Å². The molecule has 0 spiro atoms. The fraction of sp³-hybridized carbons (Fsp3) is 0.500. The third kappa shape index (κ3) is 3.37. The maximum Gasteiger partial charge on any atom is 0.0635 e. The third-order valence-electron chi connectivity index (χ3n) is 2.63. The van der Waals surface area contributed by atoms with Gasteiger partial charge in [0.05, 0.1) is 12.6 Å². The highest BCUT2D eigenvalue weighted by molar-refractivity contribution is 6.31. The lowest BCUT2D eigenvalue weighted by atomic mass is 10.0. The molecule has 1 rings (SSSR count). The van der Waals surface area contributed by atoms with Crippen LogP contribution in [0.1, 0.15) is 19.4 Å². The van der Waals surface area contributed by atoms with Gasteiger partial charge in [-0.15, -0.1) is 0 Å². The smallest absolute Gasteiger partial charge is 0.0635 e. The molecule has 3 nitrogen and oxygen atoms in total. The second-order valence-corrected chi connectivity index (χ2v) is 4.59. The molecule has 1 aromatic carbocycles. The highest BCUT2D eigenvalue weighted by Gasteiger charge is 2.12. The van der Waals surface area contributed by atoms with E-state index >= 15 is 0 Å². The van der Waals surface area contributed by atoms with Crippen molar-refractivity contribution < 1.29 is 5.11 Å². The predicted octanol–water partition coefficient (Wildman–Crippen LogP) is 2.23.